The molecule has 0 heterocycles. The number of rotatable bonds is 7. The third-order valence-electron chi connectivity index (χ3n) is 5.59. The molecule has 3 atom stereocenters. The third-order valence-corrected chi connectivity index (χ3v) is 5.59. The van der Waals surface area contributed by atoms with Crippen LogP contribution in [0.5, 0.6) is 0 Å². The van der Waals surface area contributed by atoms with Gasteiger partial charge < -0.3 is 0 Å². The first kappa shape index (κ1) is 15.1. The van der Waals surface area contributed by atoms with Crippen LogP contribution in [0.25, 0.3) is 0 Å². The topological polar surface area (TPSA) is 0 Å². The zero-order valence-corrected chi connectivity index (χ0v) is 13.1. The summed E-state index contributed by atoms with van der Waals surface area (Å²) in [5, 5.41) is 0. The molecule has 0 spiro atoms. The molecule has 0 aliphatic heterocycles. The molecule has 1 aliphatic carbocycles. The van der Waals surface area contributed by atoms with Crippen LogP contribution in [-0.4, -0.2) is 0 Å². The van der Waals surface area contributed by atoms with Gasteiger partial charge in [0.25, 0.3) is 0 Å². The standard InChI is InChI=1S/C17H34/c1-7-10-16(4,5)11-9-12-17(6)13-15(8-2)14(17)3/h14-15H,7-13H2,1-6H3. The van der Waals surface area contributed by atoms with Gasteiger partial charge in [-0.15, -0.1) is 0 Å². The summed E-state index contributed by atoms with van der Waals surface area (Å²) in [6.07, 6.45) is 9.90. The Morgan fingerprint density at radius 3 is 2.29 bits per heavy atom. The highest BCUT2D eigenvalue weighted by molar-refractivity contribution is 4.95. The van der Waals surface area contributed by atoms with Crippen LogP contribution in [0.1, 0.15) is 86.5 Å². The molecule has 0 aromatic carbocycles. The van der Waals surface area contributed by atoms with Gasteiger partial charge in [0.15, 0.2) is 0 Å². The fourth-order valence-electron chi connectivity index (χ4n) is 3.97. The molecule has 0 nitrogen and oxygen atoms in total. The van der Waals surface area contributed by atoms with Crippen LogP contribution in [0.3, 0.4) is 0 Å². The van der Waals surface area contributed by atoms with Crippen molar-refractivity contribution in [2.75, 3.05) is 0 Å². The Morgan fingerprint density at radius 2 is 1.82 bits per heavy atom. The van der Waals surface area contributed by atoms with Gasteiger partial charge in [-0.3, -0.25) is 0 Å². The van der Waals surface area contributed by atoms with E-state index >= 15 is 0 Å². The molecule has 1 rings (SSSR count). The Labute approximate surface area is 110 Å². The zero-order chi connectivity index (χ0) is 13.1. The lowest BCUT2D eigenvalue weighted by Gasteiger charge is -2.52. The molecule has 3 unspecified atom stereocenters. The maximum absolute atomic E-state index is 2.52. The lowest BCUT2D eigenvalue weighted by Crippen LogP contribution is -2.44. The van der Waals surface area contributed by atoms with Gasteiger partial charge in [-0.2, -0.15) is 0 Å². The van der Waals surface area contributed by atoms with Crippen LogP contribution < -0.4 is 0 Å². The van der Waals surface area contributed by atoms with E-state index in [-0.39, 0.29) is 0 Å². The van der Waals surface area contributed by atoms with Gasteiger partial charge in [0, 0.05) is 0 Å². The molecule has 0 amide bonds. The summed E-state index contributed by atoms with van der Waals surface area (Å²) in [6.45, 7) is 14.6. The predicted octanol–water partition coefficient (Wildman–Crippen LogP) is 6.06. The number of hydrogen-bond acceptors (Lipinski definition) is 0. The van der Waals surface area contributed by atoms with Crippen LogP contribution in [0.4, 0.5) is 0 Å². The van der Waals surface area contributed by atoms with Crippen molar-refractivity contribution < 1.29 is 0 Å². The van der Waals surface area contributed by atoms with Gasteiger partial charge in [0.05, 0.1) is 0 Å². The van der Waals surface area contributed by atoms with Crippen molar-refractivity contribution >= 4 is 0 Å². The van der Waals surface area contributed by atoms with Crippen LogP contribution in [0.15, 0.2) is 0 Å². The fourth-order valence-corrected chi connectivity index (χ4v) is 3.97. The van der Waals surface area contributed by atoms with Crippen molar-refractivity contribution in [1.82, 2.24) is 0 Å². The van der Waals surface area contributed by atoms with Gasteiger partial charge in [-0.05, 0) is 48.3 Å². The Balaban J connectivity index is 2.28. The van der Waals surface area contributed by atoms with E-state index in [4.69, 9.17) is 0 Å². The first-order chi connectivity index (χ1) is 7.84. The summed E-state index contributed by atoms with van der Waals surface area (Å²) < 4.78 is 0. The average Bonchev–Trinajstić information content (AvgIpc) is 2.25. The molecule has 0 heteroatoms. The molecule has 0 saturated heterocycles. The molecule has 1 saturated carbocycles. The highest BCUT2D eigenvalue weighted by Gasteiger charge is 2.45. The molecule has 0 aromatic heterocycles. The summed E-state index contributed by atoms with van der Waals surface area (Å²) in [4.78, 5) is 0. The summed E-state index contributed by atoms with van der Waals surface area (Å²) >= 11 is 0. The van der Waals surface area contributed by atoms with E-state index in [0.29, 0.717) is 10.8 Å². The summed E-state index contributed by atoms with van der Waals surface area (Å²) in [5.41, 5.74) is 1.24. The van der Waals surface area contributed by atoms with Gasteiger partial charge in [0.2, 0.25) is 0 Å². The Kier molecular flexibility index (Phi) is 5.10. The normalized spacial score (nSPS) is 33.5. The lowest BCUT2D eigenvalue weighted by molar-refractivity contribution is -0.0274. The largest absolute Gasteiger partial charge is 0.0654 e. The molecule has 17 heavy (non-hydrogen) atoms. The second kappa shape index (κ2) is 5.76. The molecular weight excluding hydrogens is 204 g/mol. The van der Waals surface area contributed by atoms with Crippen molar-refractivity contribution in [3.8, 4) is 0 Å². The molecule has 1 fully saturated rings. The van der Waals surface area contributed by atoms with Gasteiger partial charge in [0.1, 0.15) is 0 Å². The second-order valence-corrected chi connectivity index (χ2v) is 7.58. The van der Waals surface area contributed by atoms with E-state index in [2.05, 4.69) is 41.5 Å². The van der Waals surface area contributed by atoms with Gasteiger partial charge >= 0.3 is 0 Å². The average molecular weight is 238 g/mol. The van der Waals surface area contributed by atoms with Crippen molar-refractivity contribution in [2.45, 2.75) is 86.5 Å². The minimum absolute atomic E-state index is 0.572. The minimum atomic E-state index is 0.572. The van der Waals surface area contributed by atoms with Crippen LogP contribution in [-0.2, 0) is 0 Å². The first-order valence-corrected chi connectivity index (χ1v) is 7.84. The van der Waals surface area contributed by atoms with Crippen molar-refractivity contribution in [3.63, 3.8) is 0 Å². The molecule has 0 bridgehead atoms. The third kappa shape index (κ3) is 3.73. The smallest absolute Gasteiger partial charge is 0.0295 e. The highest BCUT2D eigenvalue weighted by atomic mass is 14.5. The lowest BCUT2D eigenvalue weighted by atomic mass is 9.53. The Morgan fingerprint density at radius 1 is 1.18 bits per heavy atom. The van der Waals surface area contributed by atoms with Crippen molar-refractivity contribution in [3.05, 3.63) is 0 Å². The molecule has 0 radical (unpaired) electrons. The van der Waals surface area contributed by atoms with E-state index in [9.17, 15) is 0 Å². The molecule has 102 valence electrons. The number of hydrogen-bond donors (Lipinski definition) is 0. The molecular formula is C17H34. The van der Waals surface area contributed by atoms with E-state index < -0.39 is 0 Å². The van der Waals surface area contributed by atoms with E-state index in [0.717, 1.165) is 11.8 Å². The second-order valence-electron chi connectivity index (χ2n) is 7.58. The van der Waals surface area contributed by atoms with Crippen LogP contribution in [0.2, 0.25) is 0 Å². The maximum atomic E-state index is 2.52. The molecule has 0 N–H and O–H groups in total. The van der Waals surface area contributed by atoms with Crippen LogP contribution >= 0.6 is 0 Å². The molecule has 1 aliphatic rings. The van der Waals surface area contributed by atoms with E-state index in [1.807, 2.05) is 0 Å². The summed E-state index contributed by atoms with van der Waals surface area (Å²) in [6, 6.07) is 0. The van der Waals surface area contributed by atoms with Crippen LogP contribution in [0, 0.1) is 22.7 Å². The van der Waals surface area contributed by atoms with Gasteiger partial charge in [-0.1, -0.05) is 60.8 Å². The summed E-state index contributed by atoms with van der Waals surface area (Å²) in [7, 11) is 0. The first-order valence-electron chi connectivity index (χ1n) is 7.84. The van der Waals surface area contributed by atoms with Crippen molar-refractivity contribution in [1.29, 1.82) is 0 Å². The Hall–Kier alpha value is 0. The van der Waals surface area contributed by atoms with E-state index in [1.54, 1.807) is 0 Å². The summed E-state index contributed by atoms with van der Waals surface area (Å²) in [5.74, 6) is 1.98. The quantitative estimate of drug-likeness (QED) is 0.506. The van der Waals surface area contributed by atoms with Gasteiger partial charge in [-0.25, -0.2) is 0 Å². The monoisotopic (exact) mass is 238 g/mol. The van der Waals surface area contributed by atoms with E-state index in [1.165, 1.54) is 44.9 Å². The van der Waals surface area contributed by atoms with Crippen molar-refractivity contribution in [2.24, 2.45) is 22.7 Å². The Bertz CT molecular complexity index is 228. The minimum Gasteiger partial charge on any atom is -0.0654 e. The molecule has 0 aromatic rings. The predicted molar refractivity (Wildman–Crippen MR) is 78.2 cm³/mol. The maximum Gasteiger partial charge on any atom is -0.0295 e. The zero-order valence-electron chi connectivity index (χ0n) is 13.1. The fraction of sp³-hybridized carbons (Fsp3) is 1.00. The SMILES string of the molecule is CCCC(C)(C)CCCC1(C)CC(CC)C1C. The highest BCUT2D eigenvalue weighted by Crippen LogP contribution is 2.55.